The van der Waals surface area contributed by atoms with E-state index < -0.39 is 5.97 Å². The number of benzene rings is 1. The summed E-state index contributed by atoms with van der Waals surface area (Å²) in [6.45, 7) is 3.41. The molecule has 3 rings (SSSR count). The second-order valence-corrected chi connectivity index (χ2v) is 7.11. The normalized spacial score (nSPS) is 10.8. The van der Waals surface area contributed by atoms with Crippen LogP contribution in [0.5, 0.6) is 0 Å². The maximum Gasteiger partial charge on any atom is 0.359 e. The molecular weight excluding hydrogens is 340 g/mol. The molecule has 0 aliphatic heterocycles. The molecule has 25 heavy (non-hydrogen) atoms. The SMILES string of the molecule is Cc1cc(C(=O)COC(=O)c2nn(C)c(=O)c3ccccc23)c(C)s1. The summed E-state index contributed by atoms with van der Waals surface area (Å²) in [6.07, 6.45) is 0. The lowest BCUT2D eigenvalue weighted by Gasteiger charge is -2.08. The minimum Gasteiger partial charge on any atom is -0.452 e. The van der Waals surface area contributed by atoms with Crippen molar-refractivity contribution in [3.8, 4) is 0 Å². The van der Waals surface area contributed by atoms with Crippen molar-refractivity contribution in [3.63, 3.8) is 0 Å². The van der Waals surface area contributed by atoms with E-state index >= 15 is 0 Å². The fourth-order valence-electron chi connectivity index (χ4n) is 2.64. The smallest absolute Gasteiger partial charge is 0.359 e. The maximum absolute atomic E-state index is 12.4. The highest BCUT2D eigenvalue weighted by Gasteiger charge is 2.19. The fourth-order valence-corrected chi connectivity index (χ4v) is 3.58. The van der Waals surface area contributed by atoms with Gasteiger partial charge in [-0.2, -0.15) is 5.10 Å². The summed E-state index contributed by atoms with van der Waals surface area (Å²) < 4.78 is 6.24. The quantitative estimate of drug-likeness (QED) is 0.530. The van der Waals surface area contributed by atoms with Gasteiger partial charge in [-0.15, -0.1) is 11.3 Å². The third-order valence-electron chi connectivity index (χ3n) is 3.83. The van der Waals surface area contributed by atoms with Crippen LogP contribution in [-0.2, 0) is 11.8 Å². The molecule has 0 N–H and O–H groups in total. The van der Waals surface area contributed by atoms with E-state index in [1.807, 2.05) is 13.8 Å². The van der Waals surface area contributed by atoms with Crippen molar-refractivity contribution >= 4 is 33.9 Å². The van der Waals surface area contributed by atoms with E-state index in [0.717, 1.165) is 14.4 Å². The first-order valence-electron chi connectivity index (χ1n) is 7.62. The van der Waals surface area contributed by atoms with Crippen LogP contribution in [0.25, 0.3) is 10.8 Å². The van der Waals surface area contributed by atoms with Gasteiger partial charge in [-0.1, -0.05) is 18.2 Å². The minimum absolute atomic E-state index is 0.0173. The minimum atomic E-state index is -0.732. The lowest BCUT2D eigenvalue weighted by atomic mass is 10.1. The molecule has 2 heterocycles. The van der Waals surface area contributed by atoms with Crippen molar-refractivity contribution in [1.82, 2.24) is 9.78 Å². The average Bonchev–Trinajstić information content (AvgIpc) is 2.94. The summed E-state index contributed by atoms with van der Waals surface area (Å²) in [5, 5.41) is 4.78. The summed E-state index contributed by atoms with van der Waals surface area (Å²) in [6, 6.07) is 8.47. The molecular formula is C18H16N2O4S. The molecule has 0 aliphatic rings. The van der Waals surface area contributed by atoms with Gasteiger partial charge in [0.1, 0.15) is 0 Å². The Morgan fingerprint density at radius 2 is 1.88 bits per heavy atom. The molecule has 0 saturated heterocycles. The molecule has 0 spiro atoms. The van der Waals surface area contributed by atoms with Crippen molar-refractivity contribution in [3.05, 3.63) is 61.7 Å². The Bertz CT molecular complexity index is 1050. The van der Waals surface area contributed by atoms with Crippen molar-refractivity contribution in [2.75, 3.05) is 6.61 Å². The number of carbonyl (C=O) groups excluding carboxylic acids is 2. The molecule has 0 fully saturated rings. The van der Waals surface area contributed by atoms with Crippen LogP contribution < -0.4 is 5.56 Å². The number of carbonyl (C=O) groups is 2. The Morgan fingerprint density at radius 3 is 2.52 bits per heavy atom. The average molecular weight is 356 g/mol. The summed E-state index contributed by atoms with van der Waals surface area (Å²) in [5.41, 5.74) is 0.282. The number of hydrogen-bond acceptors (Lipinski definition) is 6. The van der Waals surface area contributed by atoms with Crippen LogP contribution in [0.4, 0.5) is 0 Å². The molecule has 0 saturated carbocycles. The number of nitrogens with zero attached hydrogens (tertiary/aromatic N) is 2. The zero-order valence-electron chi connectivity index (χ0n) is 14.0. The lowest BCUT2D eigenvalue weighted by Crippen LogP contribution is -2.24. The molecule has 0 bridgehead atoms. The van der Waals surface area contributed by atoms with Gasteiger partial charge in [0.25, 0.3) is 5.56 Å². The number of thiophene rings is 1. The number of ether oxygens (including phenoxy) is 1. The van der Waals surface area contributed by atoms with Crippen LogP contribution in [0.2, 0.25) is 0 Å². The molecule has 1 aromatic carbocycles. The van der Waals surface area contributed by atoms with Crippen molar-refractivity contribution < 1.29 is 14.3 Å². The van der Waals surface area contributed by atoms with Gasteiger partial charge in [0.15, 0.2) is 12.3 Å². The van der Waals surface area contributed by atoms with Crippen LogP contribution in [0.1, 0.15) is 30.6 Å². The molecule has 0 aliphatic carbocycles. The third kappa shape index (κ3) is 3.23. The van der Waals surface area contributed by atoms with E-state index in [0.29, 0.717) is 16.3 Å². The molecule has 0 unspecified atom stereocenters. The van der Waals surface area contributed by atoms with Crippen LogP contribution in [0.3, 0.4) is 0 Å². The highest BCUT2D eigenvalue weighted by atomic mass is 32.1. The van der Waals surface area contributed by atoms with E-state index in [4.69, 9.17) is 4.74 Å². The predicted molar refractivity (Wildman–Crippen MR) is 95.4 cm³/mol. The Kier molecular flexibility index (Phi) is 4.50. The van der Waals surface area contributed by atoms with E-state index in [1.54, 1.807) is 30.3 Å². The zero-order valence-corrected chi connectivity index (χ0v) is 14.8. The predicted octanol–water partition coefficient (Wildman–Crippen LogP) is 2.65. The summed E-state index contributed by atoms with van der Waals surface area (Å²) in [4.78, 5) is 38.7. The van der Waals surface area contributed by atoms with Gasteiger partial charge in [-0.3, -0.25) is 9.59 Å². The highest BCUT2D eigenvalue weighted by Crippen LogP contribution is 2.21. The number of aromatic nitrogens is 2. The van der Waals surface area contributed by atoms with E-state index in [9.17, 15) is 14.4 Å². The molecule has 0 amide bonds. The summed E-state index contributed by atoms with van der Waals surface area (Å²) >= 11 is 1.52. The van der Waals surface area contributed by atoms with Gasteiger partial charge in [0.2, 0.25) is 5.78 Å². The number of ketones is 1. The van der Waals surface area contributed by atoms with Gasteiger partial charge >= 0.3 is 5.97 Å². The van der Waals surface area contributed by atoms with Crippen LogP contribution in [-0.4, -0.2) is 28.1 Å². The Labute approximate surface area is 147 Å². The van der Waals surface area contributed by atoms with E-state index in [-0.39, 0.29) is 23.6 Å². The number of aryl methyl sites for hydroxylation is 3. The molecule has 2 aromatic heterocycles. The molecule has 6 nitrogen and oxygen atoms in total. The van der Waals surface area contributed by atoms with Gasteiger partial charge < -0.3 is 4.74 Å². The van der Waals surface area contributed by atoms with Crippen molar-refractivity contribution in [2.45, 2.75) is 13.8 Å². The Hall–Kier alpha value is -2.80. The van der Waals surface area contributed by atoms with Crippen LogP contribution >= 0.6 is 11.3 Å². The van der Waals surface area contributed by atoms with Crippen LogP contribution in [0.15, 0.2) is 35.1 Å². The lowest BCUT2D eigenvalue weighted by molar-refractivity contribution is 0.0468. The first kappa shape index (κ1) is 17.0. The summed E-state index contributed by atoms with van der Waals surface area (Å²) in [7, 11) is 1.47. The highest BCUT2D eigenvalue weighted by molar-refractivity contribution is 7.12. The van der Waals surface area contributed by atoms with Gasteiger partial charge in [0, 0.05) is 27.8 Å². The van der Waals surface area contributed by atoms with Crippen molar-refractivity contribution in [1.29, 1.82) is 0 Å². The monoisotopic (exact) mass is 356 g/mol. The summed E-state index contributed by atoms with van der Waals surface area (Å²) in [5.74, 6) is -0.992. The number of hydrogen-bond donors (Lipinski definition) is 0. The Morgan fingerprint density at radius 1 is 1.20 bits per heavy atom. The van der Waals surface area contributed by atoms with Crippen LogP contribution in [0, 0.1) is 13.8 Å². The second-order valence-electron chi connectivity index (χ2n) is 5.65. The first-order chi connectivity index (χ1) is 11.9. The number of fused-ring (bicyclic) bond motifs is 1. The largest absolute Gasteiger partial charge is 0.452 e. The van der Waals surface area contributed by atoms with Gasteiger partial charge in [0.05, 0.1) is 5.39 Å². The molecule has 0 radical (unpaired) electrons. The van der Waals surface area contributed by atoms with E-state index in [1.165, 1.54) is 18.4 Å². The topological polar surface area (TPSA) is 78.3 Å². The Balaban J connectivity index is 1.86. The molecule has 128 valence electrons. The molecule has 7 heteroatoms. The molecule has 0 atom stereocenters. The van der Waals surface area contributed by atoms with E-state index in [2.05, 4.69) is 5.10 Å². The molecule has 3 aromatic rings. The number of rotatable bonds is 4. The third-order valence-corrected chi connectivity index (χ3v) is 4.79. The van der Waals surface area contributed by atoms with Gasteiger partial charge in [-0.05, 0) is 26.0 Å². The maximum atomic E-state index is 12.4. The standard InChI is InChI=1S/C18H16N2O4S/c1-10-8-14(11(2)25-10)15(21)9-24-18(23)16-12-6-4-5-7-13(12)17(22)20(3)19-16/h4-8H,9H2,1-3H3. The zero-order chi connectivity index (χ0) is 18.1. The number of Topliss-reactive ketones (excluding diaryl/α,β-unsaturated/α-hetero) is 1. The first-order valence-corrected chi connectivity index (χ1v) is 8.43. The fraction of sp³-hybridized carbons (Fsp3) is 0.222. The van der Waals surface area contributed by atoms with Gasteiger partial charge in [-0.25, -0.2) is 9.48 Å². The second kappa shape index (κ2) is 6.60. The van der Waals surface area contributed by atoms with Crippen molar-refractivity contribution in [2.24, 2.45) is 7.05 Å². The number of esters is 1.